The zero-order valence-electron chi connectivity index (χ0n) is 10.2. The van der Waals surface area contributed by atoms with Crippen molar-refractivity contribution in [2.45, 2.75) is 44.1 Å². The van der Waals surface area contributed by atoms with Crippen LogP contribution in [0.25, 0.3) is 0 Å². The first kappa shape index (κ1) is 12.7. The van der Waals surface area contributed by atoms with Crippen molar-refractivity contribution in [3.8, 4) is 0 Å². The Kier molecular flexibility index (Phi) is 4.30. The molecule has 1 aromatic carbocycles. The van der Waals surface area contributed by atoms with Gasteiger partial charge in [-0.1, -0.05) is 37.3 Å². The van der Waals surface area contributed by atoms with Gasteiger partial charge in [-0.3, -0.25) is 0 Å². The smallest absolute Gasteiger partial charge is 0.0495 e. The van der Waals surface area contributed by atoms with Gasteiger partial charge < -0.3 is 11.1 Å². The molecule has 1 fully saturated rings. The van der Waals surface area contributed by atoms with Gasteiger partial charge in [-0.2, -0.15) is 0 Å². The van der Waals surface area contributed by atoms with Crippen molar-refractivity contribution >= 4 is 17.3 Å². The summed E-state index contributed by atoms with van der Waals surface area (Å²) in [6.45, 7) is 0.704. The zero-order valence-corrected chi connectivity index (χ0v) is 11.0. The normalized spacial score (nSPS) is 19.6. The molecule has 0 amide bonds. The van der Waals surface area contributed by atoms with Crippen LogP contribution in [0.5, 0.6) is 0 Å². The molecule has 0 saturated heterocycles. The second-order valence-electron chi connectivity index (χ2n) is 5.03. The molecule has 0 unspecified atom stereocenters. The minimum Gasteiger partial charge on any atom is -0.378 e. The Bertz CT molecular complexity index is 340. The molecular formula is C14H21ClN2. The minimum atomic E-state index is 0.0876. The summed E-state index contributed by atoms with van der Waals surface area (Å²) in [4.78, 5) is 0. The molecule has 3 N–H and O–H groups in total. The number of benzene rings is 1. The highest BCUT2D eigenvalue weighted by Gasteiger charge is 2.28. The fraction of sp³-hybridized carbons (Fsp3) is 0.571. The van der Waals surface area contributed by atoms with E-state index in [-0.39, 0.29) is 5.54 Å². The quantitative estimate of drug-likeness (QED) is 0.803. The molecular weight excluding hydrogens is 232 g/mol. The van der Waals surface area contributed by atoms with Crippen molar-refractivity contribution in [1.29, 1.82) is 0 Å². The van der Waals surface area contributed by atoms with Crippen LogP contribution in [0.3, 0.4) is 0 Å². The van der Waals surface area contributed by atoms with Crippen molar-refractivity contribution in [3.63, 3.8) is 0 Å². The Labute approximate surface area is 109 Å². The Morgan fingerprint density at radius 1 is 1.06 bits per heavy atom. The average Bonchev–Trinajstić information content (AvgIpc) is 2.58. The van der Waals surface area contributed by atoms with Gasteiger partial charge >= 0.3 is 0 Å². The summed E-state index contributed by atoms with van der Waals surface area (Å²) in [7, 11) is 0. The number of rotatable bonds is 3. The Hall–Kier alpha value is -0.730. The van der Waals surface area contributed by atoms with E-state index in [0.29, 0.717) is 6.54 Å². The van der Waals surface area contributed by atoms with E-state index in [0.717, 1.165) is 10.7 Å². The number of halogens is 1. The van der Waals surface area contributed by atoms with Crippen LogP contribution < -0.4 is 11.1 Å². The van der Waals surface area contributed by atoms with Gasteiger partial charge in [0.1, 0.15) is 0 Å². The first-order valence-corrected chi connectivity index (χ1v) is 6.86. The third-order valence-electron chi connectivity index (χ3n) is 3.71. The molecule has 1 aliphatic rings. The second-order valence-corrected chi connectivity index (χ2v) is 5.47. The number of nitrogens with two attached hydrogens (primary N) is 1. The van der Waals surface area contributed by atoms with Crippen LogP contribution in [0.4, 0.5) is 5.69 Å². The second kappa shape index (κ2) is 5.74. The largest absolute Gasteiger partial charge is 0.378 e. The van der Waals surface area contributed by atoms with Gasteiger partial charge in [-0.25, -0.2) is 0 Å². The number of anilines is 1. The summed E-state index contributed by atoms with van der Waals surface area (Å²) in [5, 5.41) is 4.40. The molecule has 94 valence electrons. The van der Waals surface area contributed by atoms with Crippen molar-refractivity contribution in [2.24, 2.45) is 5.73 Å². The van der Waals surface area contributed by atoms with Gasteiger partial charge in [0, 0.05) is 22.8 Å². The van der Waals surface area contributed by atoms with Crippen molar-refractivity contribution in [2.75, 3.05) is 11.9 Å². The van der Waals surface area contributed by atoms with Gasteiger partial charge in [0.2, 0.25) is 0 Å². The lowest BCUT2D eigenvalue weighted by molar-refractivity contribution is 0.418. The molecule has 0 atom stereocenters. The predicted molar refractivity (Wildman–Crippen MR) is 74.6 cm³/mol. The lowest BCUT2D eigenvalue weighted by Gasteiger charge is -2.33. The Morgan fingerprint density at radius 3 is 2.18 bits per heavy atom. The molecule has 17 heavy (non-hydrogen) atoms. The van der Waals surface area contributed by atoms with Crippen LogP contribution >= 0.6 is 11.6 Å². The van der Waals surface area contributed by atoms with E-state index in [1.54, 1.807) is 0 Å². The van der Waals surface area contributed by atoms with E-state index in [2.05, 4.69) is 5.32 Å². The highest BCUT2D eigenvalue weighted by Crippen LogP contribution is 2.30. The molecule has 2 nitrogen and oxygen atoms in total. The molecule has 0 bridgehead atoms. The van der Waals surface area contributed by atoms with E-state index in [9.17, 15) is 0 Å². The van der Waals surface area contributed by atoms with E-state index >= 15 is 0 Å². The monoisotopic (exact) mass is 252 g/mol. The molecule has 1 aromatic rings. The van der Waals surface area contributed by atoms with Gasteiger partial charge in [0.15, 0.2) is 0 Å². The standard InChI is InChI=1S/C14H21ClN2/c15-12-5-7-13(8-6-12)17-14(11-16)9-3-1-2-4-10-14/h5-8,17H,1-4,9-11,16H2. The van der Waals surface area contributed by atoms with Crippen molar-refractivity contribution < 1.29 is 0 Å². The highest BCUT2D eigenvalue weighted by molar-refractivity contribution is 6.30. The van der Waals surface area contributed by atoms with Crippen LogP contribution in [0.2, 0.25) is 5.02 Å². The first-order chi connectivity index (χ1) is 8.24. The topological polar surface area (TPSA) is 38.0 Å². The number of nitrogens with one attached hydrogen (secondary N) is 1. The Balaban J connectivity index is 2.09. The average molecular weight is 253 g/mol. The summed E-state index contributed by atoms with van der Waals surface area (Å²) in [5.41, 5.74) is 7.21. The van der Waals surface area contributed by atoms with Crippen molar-refractivity contribution in [3.05, 3.63) is 29.3 Å². The lowest BCUT2D eigenvalue weighted by atomic mass is 9.90. The molecule has 0 aliphatic heterocycles. The molecule has 1 saturated carbocycles. The molecule has 0 spiro atoms. The summed E-state index contributed by atoms with van der Waals surface area (Å²) >= 11 is 5.90. The first-order valence-electron chi connectivity index (χ1n) is 6.48. The molecule has 3 heteroatoms. The summed E-state index contributed by atoms with van der Waals surface area (Å²) in [6.07, 6.45) is 7.57. The van der Waals surface area contributed by atoms with E-state index in [4.69, 9.17) is 17.3 Å². The number of hydrogen-bond acceptors (Lipinski definition) is 2. The number of hydrogen-bond donors (Lipinski definition) is 2. The molecule has 1 aliphatic carbocycles. The highest BCUT2D eigenvalue weighted by atomic mass is 35.5. The van der Waals surface area contributed by atoms with Crippen LogP contribution in [0.1, 0.15) is 38.5 Å². The summed E-state index contributed by atoms with van der Waals surface area (Å²) in [5.74, 6) is 0. The predicted octanol–water partition coefficient (Wildman–Crippen LogP) is 3.80. The fourth-order valence-electron chi connectivity index (χ4n) is 2.62. The fourth-order valence-corrected chi connectivity index (χ4v) is 2.75. The van der Waals surface area contributed by atoms with E-state index in [1.165, 1.54) is 38.5 Å². The maximum absolute atomic E-state index is 6.00. The summed E-state index contributed by atoms with van der Waals surface area (Å²) < 4.78 is 0. The van der Waals surface area contributed by atoms with Gasteiger partial charge in [0.25, 0.3) is 0 Å². The van der Waals surface area contributed by atoms with E-state index < -0.39 is 0 Å². The summed E-state index contributed by atoms with van der Waals surface area (Å²) in [6, 6.07) is 7.91. The Morgan fingerprint density at radius 2 is 1.65 bits per heavy atom. The van der Waals surface area contributed by atoms with Gasteiger partial charge in [-0.15, -0.1) is 0 Å². The van der Waals surface area contributed by atoms with Crippen LogP contribution in [-0.4, -0.2) is 12.1 Å². The maximum Gasteiger partial charge on any atom is 0.0495 e. The molecule has 0 radical (unpaired) electrons. The van der Waals surface area contributed by atoms with Gasteiger partial charge in [-0.05, 0) is 37.1 Å². The van der Waals surface area contributed by atoms with Crippen LogP contribution in [0, 0.1) is 0 Å². The third-order valence-corrected chi connectivity index (χ3v) is 3.96. The van der Waals surface area contributed by atoms with Crippen LogP contribution in [-0.2, 0) is 0 Å². The maximum atomic E-state index is 6.00. The third kappa shape index (κ3) is 3.36. The van der Waals surface area contributed by atoms with Crippen LogP contribution in [0.15, 0.2) is 24.3 Å². The van der Waals surface area contributed by atoms with E-state index in [1.807, 2.05) is 24.3 Å². The molecule has 2 rings (SSSR count). The SMILES string of the molecule is NCC1(Nc2ccc(Cl)cc2)CCCCCC1. The lowest BCUT2D eigenvalue weighted by Crippen LogP contribution is -2.45. The van der Waals surface area contributed by atoms with Gasteiger partial charge in [0.05, 0.1) is 0 Å². The van der Waals surface area contributed by atoms with Crippen molar-refractivity contribution in [1.82, 2.24) is 0 Å². The zero-order chi connectivity index (χ0) is 12.1. The molecule has 0 aromatic heterocycles. The molecule has 0 heterocycles. The minimum absolute atomic E-state index is 0.0876.